The third-order valence-corrected chi connectivity index (χ3v) is 6.01. The summed E-state index contributed by atoms with van der Waals surface area (Å²) in [5, 5.41) is 0.562. The second kappa shape index (κ2) is 9.58. The van der Waals surface area contributed by atoms with Crippen molar-refractivity contribution in [1.29, 1.82) is 0 Å². The maximum Gasteiger partial charge on any atom is 0.289 e. The topological polar surface area (TPSA) is 45.9 Å². The number of piperazine rings is 1. The summed E-state index contributed by atoms with van der Waals surface area (Å²) in [7, 11) is 0. The Balaban J connectivity index is 1.30. The van der Waals surface area contributed by atoms with E-state index in [0.717, 1.165) is 25.2 Å². The van der Waals surface area contributed by atoms with Crippen molar-refractivity contribution < 1.29 is 13.9 Å². The van der Waals surface area contributed by atoms with Gasteiger partial charge in [-0.05, 0) is 48.7 Å². The van der Waals surface area contributed by atoms with E-state index in [4.69, 9.17) is 20.8 Å². The summed E-state index contributed by atoms with van der Waals surface area (Å²) in [6.45, 7) is 8.30. The summed E-state index contributed by atoms with van der Waals surface area (Å²) in [5.74, 6) is 1.51. The van der Waals surface area contributed by atoms with Crippen LogP contribution in [0.2, 0.25) is 5.02 Å². The smallest absolute Gasteiger partial charge is 0.289 e. The molecule has 2 heterocycles. The lowest BCUT2D eigenvalue weighted by Gasteiger charge is -2.34. The number of aryl methyl sites for hydroxylation is 2. The van der Waals surface area contributed by atoms with Crippen LogP contribution in [0.3, 0.4) is 0 Å². The summed E-state index contributed by atoms with van der Waals surface area (Å²) in [5.41, 5.74) is 3.60. The molecule has 4 rings (SSSR count). The molecule has 2 aromatic carbocycles. The average molecular weight is 439 g/mol. The zero-order valence-corrected chi connectivity index (χ0v) is 18.7. The van der Waals surface area contributed by atoms with Gasteiger partial charge in [0.05, 0.1) is 5.02 Å². The number of carbonyl (C=O) groups excluding carboxylic acids is 1. The van der Waals surface area contributed by atoms with Crippen LogP contribution >= 0.6 is 11.6 Å². The summed E-state index contributed by atoms with van der Waals surface area (Å²) >= 11 is 6.20. The predicted octanol–water partition coefficient (Wildman–Crippen LogP) is 5.09. The van der Waals surface area contributed by atoms with Gasteiger partial charge in [0.15, 0.2) is 5.76 Å². The van der Waals surface area contributed by atoms with Crippen LogP contribution in [0.5, 0.6) is 5.75 Å². The molecular formula is C25H27ClN2O3. The maximum absolute atomic E-state index is 12.9. The Bertz CT molecular complexity index is 1030. The molecule has 0 radical (unpaired) electrons. The molecule has 0 unspecified atom stereocenters. The summed E-state index contributed by atoms with van der Waals surface area (Å²) in [6.07, 6.45) is 0. The first kappa shape index (κ1) is 21.5. The van der Waals surface area contributed by atoms with E-state index in [-0.39, 0.29) is 12.5 Å². The van der Waals surface area contributed by atoms with Crippen LogP contribution in [0.4, 0.5) is 0 Å². The zero-order chi connectivity index (χ0) is 21.8. The zero-order valence-electron chi connectivity index (χ0n) is 17.9. The molecule has 1 amide bonds. The van der Waals surface area contributed by atoms with Gasteiger partial charge in [-0.3, -0.25) is 9.69 Å². The van der Waals surface area contributed by atoms with Crippen molar-refractivity contribution in [2.24, 2.45) is 0 Å². The molecule has 6 heteroatoms. The molecule has 3 aromatic rings. The number of nitrogens with zero attached hydrogens (tertiary/aromatic N) is 2. The number of carbonyl (C=O) groups is 1. The van der Waals surface area contributed by atoms with E-state index in [2.05, 4.69) is 36.1 Å². The van der Waals surface area contributed by atoms with Crippen LogP contribution < -0.4 is 4.74 Å². The van der Waals surface area contributed by atoms with Crippen molar-refractivity contribution in [3.05, 3.63) is 87.8 Å². The number of hydrogen-bond acceptors (Lipinski definition) is 4. The van der Waals surface area contributed by atoms with Crippen LogP contribution in [0.1, 0.15) is 33.0 Å². The average Bonchev–Trinajstić information content (AvgIpc) is 3.24. The fourth-order valence-corrected chi connectivity index (χ4v) is 4.08. The molecule has 5 nitrogen and oxygen atoms in total. The van der Waals surface area contributed by atoms with Gasteiger partial charge in [-0.15, -0.1) is 0 Å². The van der Waals surface area contributed by atoms with Crippen molar-refractivity contribution in [3.63, 3.8) is 0 Å². The third kappa shape index (κ3) is 5.12. The maximum atomic E-state index is 12.9. The fourth-order valence-electron chi connectivity index (χ4n) is 3.81. The molecule has 0 bridgehead atoms. The number of rotatable bonds is 6. The summed E-state index contributed by atoms with van der Waals surface area (Å²) in [4.78, 5) is 17.1. The minimum atomic E-state index is -0.0734. The van der Waals surface area contributed by atoms with Gasteiger partial charge in [0.25, 0.3) is 5.91 Å². The SMILES string of the molecule is Cc1ccccc1CN1CCN(C(=O)c2ccc(COc3c(C)cccc3Cl)o2)CC1. The normalized spacial score (nSPS) is 14.6. The lowest BCUT2D eigenvalue weighted by Crippen LogP contribution is -2.48. The molecule has 0 aliphatic carbocycles. The van der Waals surface area contributed by atoms with E-state index in [1.807, 2.05) is 24.0 Å². The predicted molar refractivity (Wildman–Crippen MR) is 122 cm³/mol. The monoisotopic (exact) mass is 438 g/mol. The molecule has 0 N–H and O–H groups in total. The highest BCUT2D eigenvalue weighted by Gasteiger charge is 2.24. The van der Waals surface area contributed by atoms with Gasteiger partial charge in [0.2, 0.25) is 0 Å². The lowest BCUT2D eigenvalue weighted by atomic mass is 10.1. The molecule has 31 heavy (non-hydrogen) atoms. The molecule has 1 fully saturated rings. The van der Waals surface area contributed by atoms with Gasteiger partial charge < -0.3 is 14.1 Å². The van der Waals surface area contributed by atoms with Gasteiger partial charge in [0, 0.05) is 32.7 Å². The second-order valence-electron chi connectivity index (χ2n) is 7.94. The van der Waals surface area contributed by atoms with Crippen molar-refractivity contribution in [2.75, 3.05) is 26.2 Å². The van der Waals surface area contributed by atoms with E-state index >= 15 is 0 Å². The Kier molecular flexibility index (Phi) is 6.64. The molecule has 1 aromatic heterocycles. The van der Waals surface area contributed by atoms with Crippen LogP contribution in [0, 0.1) is 13.8 Å². The molecule has 0 saturated carbocycles. The van der Waals surface area contributed by atoms with Gasteiger partial charge in [-0.25, -0.2) is 0 Å². The van der Waals surface area contributed by atoms with Crippen LogP contribution in [0.15, 0.2) is 59.0 Å². The van der Waals surface area contributed by atoms with Gasteiger partial charge in [0.1, 0.15) is 18.1 Å². The number of benzene rings is 2. The van der Waals surface area contributed by atoms with Crippen molar-refractivity contribution >= 4 is 17.5 Å². The highest BCUT2D eigenvalue weighted by Crippen LogP contribution is 2.29. The second-order valence-corrected chi connectivity index (χ2v) is 8.34. The van der Waals surface area contributed by atoms with Crippen molar-refractivity contribution in [2.45, 2.75) is 27.0 Å². The molecule has 0 spiro atoms. The van der Waals surface area contributed by atoms with E-state index < -0.39 is 0 Å². The van der Waals surface area contributed by atoms with E-state index in [1.165, 1.54) is 11.1 Å². The summed E-state index contributed by atoms with van der Waals surface area (Å²) in [6, 6.07) is 17.6. The number of furan rings is 1. The number of amides is 1. The minimum absolute atomic E-state index is 0.0734. The lowest BCUT2D eigenvalue weighted by molar-refractivity contribution is 0.0594. The molecule has 1 aliphatic rings. The first-order chi connectivity index (χ1) is 15.0. The highest BCUT2D eigenvalue weighted by atomic mass is 35.5. The number of para-hydroxylation sites is 1. The molecule has 1 saturated heterocycles. The summed E-state index contributed by atoms with van der Waals surface area (Å²) < 4.78 is 11.6. The van der Waals surface area contributed by atoms with Crippen LogP contribution in [-0.2, 0) is 13.2 Å². The van der Waals surface area contributed by atoms with Crippen molar-refractivity contribution in [3.8, 4) is 5.75 Å². The molecule has 162 valence electrons. The largest absolute Gasteiger partial charge is 0.484 e. The third-order valence-electron chi connectivity index (χ3n) is 5.71. The van der Waals surface area contributed by atoms with Gasteiger partial charge in [-0.1, -0.05) is 48.0 Å². The standard InChI is InChI=1S/C25H27ClN2O3/c1-18-6-3-4-8-20(18)16-27-12-14-28(15-13-27)25(29)23-11-10-21(31-23)17-30-24-19(2)7-5-9-22(24)26/h3-11H,12-17H2,1-2H3. The molecule has 0 atom stereocenters. The Morgan fingerprint density at radius 3 is 2.45 bits per heavy atom. The minimum Gasteiger partial charge on any atom is -0.484 e. The highest BCUT2D eigenvalue weighted by molar-refractivity contribution is 6.32. The van der Waals surface area contributed by atoms with Gasteiger partial charge in [-0.2, -0.15) is 0 Å². The quantitative estimate of drug-likeness (QED) is 0.538. The molecular weight excluding hydrogens is 412 g/mol. The first-order valence-electron chi connectivity index (χ1n) is 10.5. The van der Waals surface area contributed by atoms with E-state index in [9.17, 15) is 4.79 Å². The number of ether oxygens (including phenoxy) is 1. The Morgan fingerprint density at radius 1 is 0.968 bits per heavy atom. The van der Waals surface area contributed by atoms with Crippen molar-refractivity contribution in [1.82, 2.24) is 9.80 Å². The fraction of sp³-hybridized carbons (Fsp3) is 0.320. The van der Waals surface area contributed by atoms with Crippen LogP contribution in [-0.4, -0.2) is 41.9 Å². The van der Waals surface area contributed by atoms with E-state index in [1.54, 1.807) is 18.2 Å². The first-order valence-corrected chi connectivity index (χ1v) is 10.9. The van der Waals surface area contributed by atoms with Gasteiger partial charge >= 0.3 is 0 Å². The number of hydrogen-bond donors (Lipinski definition) is 0. The Morgan fingerprint density at radius 2 is 1.71 bits per heavy atom. The van der Waals surface area contributed by atoms with Crippen LogP contribution in [0.25, 0.3) is 0 Å². The number of halogens is 1. The molecule has 1 aliphatic heterocycles. The Labute approximate surface area is 188 Å². The Hall–Kier alpha value is -2.76. The van der Waals surface area contributed by atoms with E-state index in [0.29, 0.717) is 35.4 Å².